The van der Waals surface area contributed by atoms with Crippen molar-refractivity contribution >= 4 is 21.4 Å². The van der Waals surface area contributed by atoms with Crippen molar-refractivity contribution in [2.45, 2.75) is 40.2 Å². The van der Waals surface area contributed by atoms with Crippen LogP contribution in [0.1, 0.15) is 42.7 Å². The van der Waals surface area contributed by atoms with E-state index in [0.29, 0.717) is 5.92 Å². The van der Waals surface area contributed by atoms with Gasteiger partial charge in [-0.15, -0.1) is 11.3 Å². The summed E-state index contributed by atoms with van der Waals surface area (Å²) in [5.74, 6) is 0.596. The molecule has 92 valence electrons. The Morgan fingerprint density at radius 1 is 1.29 bits per heavy atom. The van der Waals surface area contributed by atoms with Crippen LogP contribution in [0.25, 0.3) is 10.1 Å². The standard InChI is InChI=1S/C15H21NS/c1-5-16-9-14-15(10(2)3)12-8-11(4)6-7-13(12)17-14/h6-8,10,16H,5,9H2,1-4H3. The normalized spacial score (nSPS) is 11.6. The number of thiophene rings is 1. The summed E-state index contributed by atoms with van der Waals surface area (Å²) in [6.45, 7) is 10.9. The Balaban J connectivity index is 2.54. The Kier molecular flexibility index (Phi) is 3.85. The van der Waals surface area contributed by atoms with Crippen LogP contribution in [-0.2, 0) is 6.54 Å². The van der Waals surface area contributed by atoms with Crippen LogP contribution in [0.3, 0.4) is 0 Å². The van der Waals surface area contributed by atoms with Crippen LogP contribution in [0.4, 0.5) is 0 Å². The second-order valence-electron chi connectivity index (χ2n) is 4.87. The Morgan fingerprint density at radius 3 is 2.71 bits per heavy atom. The Labute approximate surface area is 108 Å². The molecule has 1 nitrogen and oxygen atoms in total. The van der Waals surface area contributed by atoms with E-state index in [1.54, 1.807) is 0 Å². The van der Waals surface area contributed by atoms with Gasteiger partial charge in [-0.05, 0) is 36.4 Å². The van der Waals surface area contributed by atoms with Crippen LogP contribution < -0.4 is 5.32 Å². The molecule has 0 bridgehead atoms. The summed E-state index contributed by atoms with van der Waals surface area (Å²) < 4.78 is 1.42. The van der Waals surface area contributed by atoms with Crippen molar-refractivity contribution in [3.05, 3.63) is 34.2 Å². The first kappa shape index (κ1) is 12.6. The van der Waals surface area contributed by atoms with E-state index in [1.807, 2.05) is 11.3 Å². The summed E-state index contributed by atoms with van der Waals surface area (Å²) in [4.78, 5) is 1.50. The molecule has 0 aliphatic heterocycles. The molecule has 0 spiro atoms. The van der Waals surface area contributed by atoms with Gasteiger partial charge in [0.1, 0.15) is 0 Å². The van der Waals surface area contributed by atoms with Gasteiger partial charge < -0.3 is 5.32 Å². The average Bonchev–Trinajstić information content (AvgIpc) is 2.63. The lowest BCUT2D eigenvalue weighted by atomic mass is 9.98. The van der Waals surface area contributed by atoms with Gasteiger partial charge in [0.25, 0.3) is 0 Å². The maximum atomic E-state index is 3.45. The second-order valence-corrected chi connectivity index (χ2v) is 6.01. The van der Waals surface area contributed by atoms with Gasteiger partial charge in [-0.3, -0.25) is 0 Å². The van der Waals surface area contributed by atoms with Crippen LogP contribution in [0.5, 0.6) is 0 Å². The Hall–Kier alpha value is -0.860. The summed E-state index contributed by atoms with van der Waals surface area (Å²) in [5.41, 5.74) is 2.89. The van der Waals surface area contributed by atoms with E-state index in [2.05, 4.69) is 51.2 Å². The average molecular weight is 247 g/mol. The van der Waals surface area contributed by atoms with Crippen molar-refractivity contribution in [3.8, 4) is 0 Å². The molecule has 2 aromatic rings. The van der Waals surface area contributed by atoms with Crippen molar-refractivity contribution < 1.29 is 0 Å². The molecule has 0 aliphatic rings. The third-order valence-corrected chi connectivity index (χ3v) is 4.26. The third kappa shape index (κ3) is 2.53. The first-order valence-corrected chi connectivity index (χ1v) is 7.17. The van der Waals surface area contributed by atoms with Gasteiger partial charge in [-0.25, -0.2) is 0 Å². The molecule has 2 heteroatoms. The summed E-state index contributed by atoms with van der Waals surface area (Å²) in [7, 11) is 0. The van der Waals surface area contributed by atoms with Crippen LogP contribution in [0, 0.1) is 6.92 Å². The summed E-state index contributed by atoms with van der Waals surface area (Å²) in [5, 5.41) is 4.90. The smallest absolute Gasteiger partial charge is 0.0349 e. The lowest BCUT2D eigenvalue weighted by Gasteiger charge is -2.08. The van der Waals surface area contributed by atoms with Crippen molar-refractivity contribution in [1.29, 1.82) is 0 Å². The lowest BCUT2D eigenvalue weighted by molar-refractivity contribution is 0.723. The fraction of sp³-hybridized carbons (Fsp3) is 0.467. The fourth-order valence-corrected chi connectivity index (χ4v) is 3.59. The molecular formula is C15H21NS. The largest absolute Gasteiger partial charge is 0.312 e. The van der Waals surface area contributed by atoms with E-state index >= 15 is 0 Å². The highest BCUT2D eigenvalue weighted by Gasteiger charge is 2.14. The Bertz CT molecular complexity index is 511. The Morgan fingerprint density at radius 2 is 2.06 bits per heavy atom. The maximum absolute atomic E-state index is 3.45. The minimum atomic E-state index is 0.596. The van der Waals surface area contributed by atoms with Gasteiger partial charge in [0, 0.05) is 16.1 Å². The van der Waals surface area contributed by atoms with E-state index in [-0.39, 0.29) is 0 Å². The van der Waals surface area contributed by atoms with Crippen molar-refractivity contribution in [2.24, 2.45) is 0 Å². The van der Waals surface area contributed by atoms with Gasteiger partial charge in [-0.2, -0.15) is 0 Å². The second kappa shape index (κ2) is 5.19. The molecule has 0 atom stereocenters. The summed E-state index contributed by atoms with van der Waals surface area (Å²) >= 11 is 1.94. The first-order valence-electron chi connectivity index (χ1n) is 6.36. The van der Waals surface area contributed by atoms with Crippen molar-refractivity contribution in [2.75, 3.05) is 6.54 Å². The monoisotopic (exact) mass is 247 g/mol. The van der Waals surface area contributed by atoms with Crippen LogP contribution in [0.15, 0.2) is 18.2 Å². The number of benzene rings is 1. The molecule has 2 rings (SSSR count). The molecule has 0 amide bonds. The molecule has 0 aliphatic carbocycles. The highest BCUT2D eigenvalue weighted by atomic mass is 32.1. The fourth-order valence-electron chi connectivity index (χ4n) is 2.28. The highest BCUT2D eigenvalue weighted by Crippen LogP contribution is 2.36. The predicted molar refractivity (Wildman–Crippen MR) is 78.0 cm³/mol. The highest BCUT2D eigenvalue weighted by molar-refractivity contribution is 7.19. The van der Waals surface area contributed by atoms with Crippen LogP contribution in [0.2, 0.25) is 0 Å². The zero-order chi connectivity index (χ0) is 12.4. The van der Waals surface area contributed by atoms with Gasteiger partial charge in [0.05, 0.1) is 0 Å². The maximum Gasteiger partial charge on any atom is 0.0349 e. The molecule has 0 saturated carbocycles. The zero-order valence-corrected chi connectivity index (χ0v) is 11.9. The van der Waals surface area contributed by atoms with E-state index in [4.69, 9.17) is 0 Å². The predicted octanol–water partition coefficient (Wildman–Crippen LogP) is 4.44. The van der Waals surface area contributed by atoms with Crippen molar-refractivity contribution in [3.63, 3.8) is 0 Å². The van der Waals surface area contributed by atoms with Gasteiger partial charge in [0.2, 0.25) is 0 Å². The molecule has 1 aromatic carbocycles. The molecule has 0 fully saturated rings. The molecule has 1 N–H and O–H groups in total. The number of aryl methyl sites for hydroxylation is 1. The first-order chi connectivity index (χ1) is 8.13. The van der Waals surface area contributed by atoms with Gasteiger partial charge in [0.15, 0.2) is 0 Å². The molecule has 0 unspecified atom stereocenters. The number of nitrogens with one attached hydrogen (secondary N) is 1. The van der Waals surface area contributed by atoms with E-state index in [1.165, 1.54) is 26.1 Å². The molecule has 1 aromatic heterocycles. The molecule has 1 heterocycles. The zero-order valence-electron chi connectivity index (χ0n) is 11.1. The SMILES string of the molecule is CCNCc1sc2ccc(C)cc2c1C(C)C. The van der Waals surface area contributed by atoms with Gasteiger partial charge >= 0.3 is 0 Å². The summed E-state index contributed by atoms with van der Waals surface area (Å²) in [6.07, 6.45) is 0. The number of fused-ring (bicyclic) bond motifs is 1. The van der Waals surface area contributed by atoms with E-state index in [0.717, 1.165) is 13.1 Å². The van der Waals surface area contributed by atoms with E-state index < -0.39 is 0 Å². The van der Waals surface area contributed by atoms with Crippen LogP contribution >= 0.6 is 11.3 Å². The molecule has 17 heavy (non-hydrogen) atoms. The lowest BCUT2D eigenvalue weighted by Crippen LogP contribution is -2.12. The van der Waals surface area contributed by atoms with Crippen LogP contribution in [-0.4, -0.2) is 6.54 Å². The van der Waals surface area contributed by atoms with Gasteiger partial charge in [-0.1, -0.05) is 38.5 Å². The quantitative estimate of drug-likeness (QED) is 0.842. The minimum Gasteiger partial charge on any atom is -0.312 e. The number of hydrogen-bond donors (Lipinski definition) is 1. The third-order valence-electron chi connectivity index (χ3n) is 3.07. The number of rotatable bonds is 4. The topological polar surface area (TPSA) is 12.0 Å². The molecular weight excluding hydrogens is 226 g/mol. The minimum absolute atomic E-state index is 0.596. The van der Waals surface area contributed by atoms with Crippen molar-refractivity contribution in [1.82, 2.24) is 5.32 Å². The summed E-state index contributed by atoms with van der Waals surface area (Å²) in [6, 6.07) is 6.80. The van der Waals surface area contributed by atoms with E-state index in [9.17, 15) is 0 Å². The number of hydrogen-bond acceptors (Lipinski definition) is 2. The molecule has 0 saturated heterocycles. The molecule has 0 radical (unpaired) electrons.